The lowest BCUT2D eigenvalue weighted by atomic mass is 9.53. The van der Waals surface area contributed by atoms with E-state index in [0.29, 0.717) is 5.41 Å². The Kier molecular flexibility index (Phi) is 1.76. The normalized spacial score (nSPS) is 42.5. The zero-order valence-corrected chi connectivity index (χ0v) is 8.80. The fourth-order valence-corrected chi connectivity index (χ4v) is 3.54. The van der Waals surface area contributed by atoms with Gasteiger partial charge in [0.1, 0.15) is 0 Å². The molecule has 1 nitrogen and oxygen atoms in total. The molecule has 2 atom stereocenters. The average molecular weight is 167 g/mol. The van der Waals surface area contributed by atoms with Crippen LogP contribution < -0.4 is 0 Å². The second kappa shape index (κ2) is 2.47. The summed E-state index contributed by atoms with van der Waals surface area (Å²) >= 11 is 0. The summed E-state index contributed by atoms with van der Waals surface area (Å²) in [7, 11) is 2.26. The second-order valence-electron chi connectivity index (χ2n) is 5.87. The maximum atomic E-state index is 2.50. The average Bonchev–Trinajstić information content (AvgIpc) is 1.81. The number of hydrogen-bond acceptors (Lipinski definition) is 1. The molecule has 0 amide bonds. The second-order valence-corrected chi connectivity index (χ2v) is 5.87. The van der Waals surface area contributed by atoms with Crippen LogP contribution in [0.5, 0.6) is 0 Å². The van der Waals surface area contributed by atoms with Crippen molar-refractivity contribution >= 4 is 0 Å². The summed E-state index contributed by atoms with van der Waals surface area (Å²) in [6.07, 6.45) is 1.51. The Morgan fingerprint density at radius 1 is 1.08 bits per heavy atom. The monoisotopic (exact) mass is 167 g/mol. The van der Waals surface area contributed by atoms with Gasteiger partial charge in [0.05, 0.1) is 0 Å². The molecule has 12 heavy (non-hydrogen) atoms. The van der Waals surface area contributed by atoms with Crippen LogP contribution in [0, 0.1) is 23.2 Å². The zero-order valence-electron chi connectivity index (χ0n) is 8.80. The van der Waals surface area contributed by atoms with Crippen molar-refractivity contribution in [2.75, 3.05) is 20.1 Å². The van der Waals surface area contributed by atoms with Gasteiger partial charge in [-0.2, -0.15) is 0 Å². The van der Waals surface area contributed by atoms with Gasteiger partial charge >= 0.3 is 0 Å². The molecule has 0 N–H and O–H groups in total. The van der Waals surface area contributed by atoms with Crippen molar-refractivity contribution in [1.82, 2.24) is 4.90 Å². The smallest absolute Gasteiger partial charge is 0.000980 e. The molecule has 2 saturated heterocycles. The summed E-state index contributed by atoms with van der Waals surface area (Å²) in [5.41, 5.74) is 0.550. The van der Waals surface area contributed by atoms with Crippen molar-refractivity contribution in [2.24, 2.45) is 23.2 Å². The highest BCUT2D eigenvalue weighted by Gasteiger charge is 2.50. The summed E-state index contributed by atoms with van der Waals surface area (Å²) in [4.78, 5) is 2.50. The van der Waals surface area contributed by atoms with Gasteiger partial charge in [0.25, 0.3) is 0 Å². The molecule has 1 saturated carbocycles. The lowest BCUT2D eigenvalue weighted by molar-refractivity contribution is -0.0884. The van der Waals surface area contributed by atoms with Gasteiger partial charge in [0, 0.05) is 13.1 Å². The molecule has 0 radical (unpaired) electrons. The highest BCUT2D eigenvalue weighted by molar-refractivity contribution is 5.00. The molecule has 2 unspecified atom stereocenters. The maximum Gasteiger partial charge on any atom is 0.000980 e. The van der Waals surface area contributed by atoms with E-state index >= 15 is 0 Å². The van der Waals surface area contributed by atoms with Gasteiger partial charge in [-0.15, -0.1) is 0 Å². The van der Waals surface area contributed by atoms with Crippen LogP contribution >= 0.6 is 0 Å². The summed E-state index contributed by atoms with van der Waals surface area (Å²) in [5, 5.41) is 0. The number of piperidine rings is 2. The molecular formula is C11H21N. The van der Waals surface area contributed by atoms with E-state index < -0.39 is 0 Å². The van der Waals surface area contributed by atoms with Crippen molar-refractivity contribution in [1.29, 1.82) is 0 Å². The summed E-state index contributed by atoms with van der Waals surface area (Å²) in [6, 6.07) is 0. The van der Waals surface area contributed by atoms with Crippen LogP contribution in [0.1, 0.15) is 27.2 Å². The fraction of sp³-hybridized carbons (Fsp3) is 1.00. The summed E-state index contributed by atoms with van der Waals surface area (Å²) in [6.45, 7) is 9.91. The van der Waals surface area contributed by atoms with E-state index in [0.717, 1.165) is 17.8 Å². The predicted molar refractivity (Wildman–Crippen MR) is 52.0 cm³/mol. The quantitative estimate of drug-likeness (QED) is 0.535. The van der Waals surface area contributed by atoms with Gasteiger partial charge < -0.3 is 4.90 Å². The number of hydrogen-bond donors (Lipinski definition) is 0. The number of fused-ring (bicyclic) bond motifs is 2. The molecule has 1 heteroatoms. The molecule has 0 aromatic heterocycles. The fourth-order valence-electron chi connectivity index (χ4n) is 3.54. The third kappa shape index (κ3) is 1.19. The first-order chi connectivity index (χ1) is 5.48. The summed E-state index contributed by atoms with van der Waals surface area (Å²) in [5.74, 6) is 3.02. The molecule has 70 valence electrons. The van der Waals surface area contributed by atoms with Crippen LogP contribution in [0.3, 0.4) is 0 Å². The van der Waals surface area contributed by atoms with Gasteiger partial charge in [0.15, 0.2) is 0 Å². The molecule has 0 aromatic rings. The Balaban J connectivity index is 2.05. The molecule has 3 aliphatic rings. The Labute approximate surface area is 76.1 Å². The van der Waals surface area contributed by atoms with Crippen LogP contribution in [-0.4, -0.2) is 25.0 Å². The van der Waals surface area contributed by atoms with E-state index in [1.165, 1.54) is 19.5 Å². The topological polar surface area (TPSA) is 3.24 Å². The van der Waals surface area contributed by atoms with E-state index in [9.17, 15) is 0 Å². The van der Waals surface area contributed by atoms with Crippen molar-refractivity contribution in [3.8, 4) is 0 Å². The van der Waals surface area contributed by atoms with Gasteiger partial charge in [-0.3, -0.25) is 0 Å². The lowest BCUT2D eigenvalue weighted by Crippen LogP contribution is -2.57. The van der Waals surface area contributed by atoms with Crippen LogP contribution in [0.4, 0.5) is 0 Å². The SMILES string of the molecule is CN1CC2CC(C1)C2C(C)(C)C. The first-order valence-corrected chi connectivity index (χ1v) is 5.17. The molecule has 3 fully saturated rings. The summed E-state index contributed by atoms with van der Waals surface area (Å²) < 4.78 is 0. The number of nitrogens with zero attached hydrogens (tertiary/aromatic N) is 1. The van der Waals surface area contributed by atoms with Crippen molar-refractivity contribution in [3.05, 3.63) is 0 Å². The minimum absolute atomic E-state index is 0.550. The lowest BCUT2D eigenvalue weighted by Gasteiger charge is -2.58. The predicted octanol–water partition coefficient (Wildman–Crippen LogP) is 2.23. The molecule has 2 aliphatic heterocycles. The molecular weight excluding hydrogens is 146 g/mol. The third-order valence-electron chi connectivity index (χ3n) is 3.71. The molecule has 0 spiro atoms. The first-order valence-electron chi connectivity index (χ1n) is 5.17. The first kappa shape index (κ1) is 8.55. The third-order valence-corrected chi connectivity index (χ3v) is 3.71. The molecule has 0 aromatic carbocycles. The van der Waals surface area contributed by atoms with Crippen LogP contribution in [0.2, 0.25) is 0 Å². The van der Waals surface area contributed by atoms with Crippen LogP contribution in [0.15, 0.2) is 0 Å². The van der Waals surface area contributed by atoms with Crippen molar-refractivity contribution in [3.63, 3.8) is 0 Å². The molecule has 3 rings (SSSR count). The van der Waals surface area contributed by atoms with Gasteiger partial charge in [0.2, 0.25) is 0 Å². The Hall–Kier alpha value is -0.0400. The van der Waals surface area contributed by atoms with Crippen LogP contribution in [-0.2, 0) is 0 Å². The van der Waals surface area contributed by atoms with E-state index in [-0.39, 0.29) is 0 Å². The van der Waals surface area contributed by atoms with E-state index in [4.69, 9.17) is 0 Å². The Morgan fingerprint density at radius 3 is 2.00 bits per heavy atom. The minimum atomic E-state index is 0.550. The van der Waals surface area contributed by atoms with E-state index in [2.05, 4.69) is 32.7 Å². The van der Waals surface area contributed by atoms with E-state index in [1.54, 1.807) is 0 Å². The van der Waals surface area contributed by atoms with Crippen molar-refractivity contribution in [2.45, 2.75) is 27.2 Å². The van der Waals surface area contributed by atoms with Gasteiger partial charge in [-0.25, -0.2) is 0 Å². The van der Waals surface area contributed by atoms with Gasteiger partial charge in [-0.05, 0) is 36.6 Å². The zero-order chi connectivity index (χ0) is 8.93. The Morgan fingerprint density at radius 2 is 1.58 bits per heavy atom. The highest BCUT2D eigenvalue weighted by Crippen LogP contribution is 2.53. The minimum Gasteiger partial charge on any atom is -0.306 e. The van der Waals surface area contributed by atoms with E-state index in [1.807, 2.05) is 0 Å². The van der Waals surface area contributed by atoms with Crippen molar-refractivity contribution < 1.29 is 0 Å². The largest absolute Gasteiger partial charge is 0.306 e. The maximum absolute atomic E-state index is 2.50. The molecule has 2 heterocycles. The highest BCUT2D eigenvalue weighted by atomic mass is 15.1. The number of rotatable bonds is 0. The Bertz CT molecular complexity index is 168. The van der Waals surface area contributed by atoms with Gasteiger partial charge in [-0.1, -0.05) is 20.8 Å². The molecule has 2 bridgehead atoms. The van der Waals surface area contributed by atoms with Crippen LogP contribution in [0.25, 0.3) is 0 Å². The standard InChI is InChI=1S/C11H21N/c1-11(2,3)10-8-5-9(10)7-12(4)6-8/h8-10H,5-7H2,1-4H3. The molecule has 1 aliphatic carbocycles.